The van der Waals surface area contributed by atoms with Crippen molar-refractivity contribution < 1.29 is 22.8 Å². The van der Waals surface area contributed by atoms with Gasteiger partial charge in [-0.1, -0.05) is 0 Å². The van der Waals surface area contributed by atoms with E-state index >= 15 is 0 Å². The molecule has 0 aliphatic heterocycles. The normalized spacial score (nSPS) is 10.3. The van der Waals surface area contributed by atoms with Gasteiger partial charge in [-0.15, -0.1) is 0 Å². The maximum Gasteiger partial charge on any atom is 0.315 e. The number of nitrogens with one attached hydrogen (secondary N) is 2. The summed E-state index contributed by atoms with van der Waals surface area (Å²) in [5.41, 5.74) is -0.382. The molecule has 0 saturated heterocycles. The van der Waals surface area contributed by atoms with E-state index < -0.39 is 29.3 Å². The maximum atomic E-state index is 13.0. The summed E-state index contributed by atoms with van der Waals surface area (Å²) in [6, 6.07) is 2.57. The first-order valence-corrected chi connectivity index (χ1v) is 5.63. The van der Waals surface area contributed by atoms with Crippen molar-refractivity contribution in [2.24, 2.45) is 7.05 Å². The summed E-state index contributed by atoms with van der Waals surface area (Å²) in [4.78, 5) is 23.1. The van der Waals surface area contributed by atoms with E-state index in [4.69, 9.17) is 0 Å². The number of amides is 2. The van der Waals surface area contributed by atoms with E-state index in [0.29, 0.717) is 12.1 Å². The molecule has 0 atom stereocenters. The summed E-state index contributed by atoms with van der Waals surface area (Å²) in [5.74, 6) is -6.74. The van der Waals surface area contributed by atoms with E-state index in [-0.39, 0.29) is 11.5 Å². The standard InChI is InChI=1S/C12H9F3N4O2/c1-19-3-2-9(18-19)17-12(21)11(20)16-6-4-7(13)10(15)8(14)5-6/h2-5H,1H3,(H,16,20)(H,17,18,21). The average molecular weight is 298 g/mol. The summed E-state index contributed by atoms with van der Waals surface area (Å²) in [6.45, 7) is 0. The number of nitrogens with zero attached hydrogens (tertiary/aromatic N) is 2. The second kappa shape index (κ2) is 5.65. The fourth-order valence-electron chi connectivity index (χ4n) is 1.47. The zero-order valence-corrected chi connectivity index (χ0v) is 10.7. The Balaban J connectivity index is 2.05. The van der Waals surface area contributed by atoms with Gasteiger partial charge in [0.1, 0.15) is 0 Å². The topological polar surface area (TPSA) is 76.0 Å². The Kier molecular flexibility index (Phi) is 3.92. The quantitative estimate of drug-likeness (QED) is 0.650. The molecule has 6 nitrogen and oxygen atoms in total. The summed E-state index contributed by atoms with van der Waals surface area (Å²) >= 11 is 0. The molecule has 0 spiro atoms. The molecule has 1 heterocycles. The van der Waals surface area contributed by atoms with Crippen molar-refractivity contribution in [3.8, 4) is 0 Å². The monoisotopic (exact) mass is 298 g/mol. The summed E-state index contributed by atoms with van der Waals surface area (Å²) < 4.78 is 40.1. The molecule has 110 valence electrons. The van der Waals surface area contributed by atoms with Gasteiger partial charge < -0.3 is 10.6 Å². The van der Waals surface area contributed by atoms with Gasteiger partial charge in [-0.05, 0) is 0 Å². The molecular weight excluding hydrogens is 289 g/mol. The highest BCUT2D eigenvalue weighted by Gasteiger charge is 2.17. The molecule has 9 heteroatoms. The summed E-state index contributed by atoms with van der Waals surface area (Å²) in [5, 5.41) is 7.94. The van der Waals surface area contributed by atoms with Crippen LogP contribution >= 0.6 is 0 Å². The van der Waals surface area contributed by atoms with Gasteiger partial charge in [0, 0.05) is 37.1 Å². The van der Waals surface area contributed by atoms with Gasteiger partial charge in [0.05, 0.1) is 0 Å². The van der Waals surface area contributed by atoms with Gasteiger partial charge in [-0.25, -0.2) is 13.2 Å². The van der Waals surface area contributed by atoms with Crippen molar-refractivity contribution in [1.82, 2.24) is 9.78 Å². The molecule has 0 saturated carbocycles. The number of halogens is 3. The van der Waals surface area contributed by atoms with Crippen molar-refractivity contribution in [1.29, 1.82) is 0 Å². The van der Waals surface area contributed by atoms with Crippen molar-refractivity contribution in [2.45, 2.75) is 0 Å². The van der Waals surface area contributed by atoms with Crippen LogP contribution in [-0.4, -0.2) is 21.6 Å². The first-order chi connectivity index (χ1) is 9.86. The van der Waals surface area contributed by atoms with Crippen LogP contribution in [0.2, 0.25) is 0 Å². The molecule has 2 rings (SSSR count). The predicted molar refractivity (Wildman–Crippen MR) is 66.8 cm³/mol. The van der Waals surface area contributed by atoms with Crippen molar-refractivity contribution >= 4 is 23.3 Å². The van der Waals surface area contributed by atoms with Crippen molar-refractivity contribution in [3.63, 3.8) is 0 Å². The smallest absolute Gasteiger partial charge is 0.315 e. The molecule has 2 aromatic rings. The molecule has 0 bridgehead atoms. The van der Waals surface area contributed by atoms with Crippen LogP contribution in [0.1, 0.15) is 0 Å². The van der Waals surface area contributed by atoms with E-state index in [1.807, 2.05) is 5.32 Å². The Morgan fingerprint density at radius 2 is 1.67 bits per heavy atom. The molecule has 0 unspecified atom stereocenters. The molecule has 2 N–H and O–H groups in total. The van der Waals surface area contributed by atoms with Crippen LogP contribution in [0.5, 0.6) is 0 Å². The van der Waals surface area contributed by atoms with E-state index in [9.17, 15) is 22.8 Å². The minimum Gasteiger partial charge on any atom is -0.318 e. The summed E-state index contributed by atoms with van der Waals surface area (Å²) in [6.07, 6.45) is 1.54. The van der Waals surface area contributed by atoms with Gasteiger partial charge in [-0.3, -0.25) is 14.3 Å². The third-order valence-corrected chi connectivity index (χ3v) is 2.40. The zero-order chi connectivity index (χ0) is 15.6. The fraction of sp³-hybridized carbons (Fsp3) is 0.0833. The second-order valence-electron chi connectivity index (χ2n) is 4.04. The van der Waals surface area contributed by atoms with Crippen LogP contribution in [-0.2, 0) is 16.6 Å². The van der Waals surface area contributed by atoms with Gasteiger partial charge >= 0.3 is 11.8 Å². The Labute approximate surface area is 116 Å². The number of aromatic nitrogens is 2. The molecule has 1 aromatic carbocycles. The van der Waals surface area contributed by atoms with E-state index in [1.54, 1.807) is 7.05 Å². The Hall–Kier alpha value is -2.84. The minimum absolute atomic E-state index is 0.133. The van der Waals surface area contributed by atoms with Crippen molar-refractivity contribution in [3.05, 3.63) is 41.8 Å². The molecule has 0 aliphatic rings. The number of carbonyl (C=O) groups is 2. The first-order valence-electron chi connectivity index (χ1n) is 5.63. The molecule has 0 fully saturated rings. The van der Waals surface area contributed by atoms with E-state index in [0.717, 1.165) is 0 Å². The fourth-order valence-corrected chi connectivity index (χ4v) is 1.47. The number of carbonyl (C=O) groups excluding carboxylic acids is 2. The van der Waals surface area contributed by atoms with Crippen LogP contribution in [0.25, 0.3) is 0 Å². The third-order valence-electron chi connectivity index (χ3n) is 2.40. The predicted octanol–water partition coefficient (Wildman–Crippen LogP) is 1.41. The van der Waals surface area contributed by atoms with Crippen LogP contribution in [0, 0.1) is 17.5 Å². The maximum absolute atomic E-state index is 13.0. The molecule has 0 radical (unpaired) electrons. The highest BCUT2D eigenvalue weighted by molar-refractivity contribution is 6.43. The first kappa shape index (κ1) is 14.6. The van der Waals surface area contributed by atoms with Gasteiger partial charge in [-0.2, -0.15) is 5.10 Å². The molecular formula is C12H9F3N4O2. The number of benzene rings is 1. The van der Waals surface area contributed by atoms with Crippen LogP contribution in [0.3, 0.4) is 0 Å². The van der Waals surface area contributed by atoms with Crippen LogP contribution < -0.4 is 10.6 Å². The lowest BCUT2D eigenvalue weighted by Crippen LogP contribution is -2.29. The second-order valence-corrected chi connectivity index (χ2v) is 4.04. The largest absolute Gasteiger partial charge is 0.318 e. The van der Waals surface area contributed by atoms with E-state index in [2.05, 4.69) is 10.4 Å². The van der Waals surface area contributed by atoms with Gasteiger partial charge in [0.2, 0.25) is 0 Å². The number of rotatable bonds is 2. The number of aryl methyl sites for hydroxylation is 1. The van der Waals surface area contributed by atoms with Crippen LogP contribution in [0.4, 0.5) is 24.7 Å². The Morgan fingerprint density at radius 1 is 1.10 bits per heavy atom. The highest BCUT2D eigenvalue weighted by atomic mass is 19.2. The Bertz CT molecular complexity index is 691. The molecule has 0 aliphatic carbocycles. The third kappa shape index (κ3) is 3.38. The van der Waals surface area contributed by atoms with Crippen molar-refractivity contribution in [2.75, 3.05) is 10.6 Å². The highest BCUT2D eigenvalue weighted by Crippen LogP contribution is 2.17. The zero-order valence-electron chi connectivity index (χ0n) is 10.7. The average Bonchev–Trinajstić information content (AvgIpc) is 2.81. The van der Waals surface area contributed by atoms with Gasteiger partial charge in [0.15, 0.2) is 23.3 Å². The van der Waals surface area contributed by atoms with E-state index in [1.165, 1.54) is 16.9 Å². The Morgan fingerprint density at radius 3 is 2.19 bits per heavy atom. The minimum atomic E-state index is -1.66. The SMILES string of the molecule is Cn1ccc(NC(=O)C(=O)Nc2cc(F)c(F)c(F)c2)n1. The summed E-state index contributed by atoms with van der Waals surface area (Å²) in [7, 11) is 1.61. The molecule has 1 aromatic heterocycles. The lowest BCUT2D eigenvalue weighted by atomic mass is 10.3. The number of hydrogen-bond acceptors (Lipinski definition) is 3. The lowest BCUT2D eigenvalue weighted by molar-refractivity contribution is -0.133. The van der Waals surface area contributed by atoms with Crippen LogP contribution in [0.15, 0.2) is 24.4 Å². The molecule has 2 amide bonds. The molecule has 21 heavy (non-hydrogen) atoms. The number of hydrogen-bond donors (Lipinski definition) is 2. The van der Waals surface area contributed by atoms with Gasteiger partial charge in [0.25, 0.3) is 0 Å². The lowest BCUT2D eigenvalue weighted by Gasteiger charge is -2.06. The number of anilines is 2.